The molecule has 0 fully saturated rings. The van der Waals surface area contributed by atoms with E-state index in [9.17, 15) is 19.7 Å². The van der Waals surface area contributed by atoms with Crippen molar-refractivity contribution in [3.05, 3.63) is 68.2 Å². The van der Waals surface area contributed by atoms with E-state index < -0.39 is 16.7 Å². The van der Waals surface area contributed by atoms with E-state index in [1.54, 1.807) is 18.2 Å². The number of benzene rings is 2. The molecule has 2 rings (SSSR count). The van der Waals surface area contributed by atoms with Crippen molar-refractivity contribution in [1.82, 2.24) is 10.9 Å². The zero-order chi connectivity index (χ0) is 18.4. The Morgan fingerprint density at radius 3 is 2.48 bits per heavy atom. The molecule has 25 heavy (non-hydrogen) atoms. The fourth-order valence-electron chi connectivity index (χ4n) is 1.79. The summed E-state index contributed by atoms with van der Waals surface area (Å²) in [6.45, 7) is -0.132. The molecule has 130 valence electrons. The highest BCUT2D eigenvalue weighted by atomic mass is 35.5. The Morgan fingerprint density at radius 1 is 1.04 bits per heavy atom. The lowest BCUT2D eigenvalue weighted by atomic mass is 10.2. The SMILES string of the molecule is O=C(CNc1ccc(Cl)c(Cl)c1)NNC(=O)c1cccc([N+](=O)[O-])c1. The number of amides is 2. The number of nitrogens with one attached hydrogen (secondary N) is 3. The standard InChI is InChI=1S/C15H12Cl2N4O4/c16-12-5-4-10(7-13(12)17)18-8-14(22)19-20-15(23)9-2-1-3-11(6-9)21(24)25/h1-7,18H,8H2,(H,19,22)(H,20,23). The van der Waals surface area contributed by atoms with Crippen LogP contribution in [0.2, 0.25) is 10.0 Å². The molecule has 2 aromatic carbocycles. The van der Waals surface area contributed by atoms with Gasteiger partial charge in [0.25, 0.3) is 17.5 Å². The highest BCUT2D eigenvalue weighted by molar-refractivity contribution is 6.42. The summed E-state index contributed by atoms with van der Waals surface area (Å²) in [6, 6.07) is 9.91. The Balaban J connectivity index is 1.85. The number of hydrogen-bond acceptors (Lipinski definition) is 5. The third-order valence-electron chi connectivity index (χ3n) is 3.01. The summed E-state index contributed by atoms with van der Waals surface area (Å²) in [5, 5.41) is 14.2. The quantitative estimate of drug-likeness (QED) is 0.543. The molecule has 0 saturated heterocycles. The van der Waals surface area contributed by atoms with E-state index in [2.05, 4.69) is 16.2 Å². The topological polar surface area (TPSA) is 113 Å². The molecule has 0 atom stereocenters. The van der Waals surface area contributed by atoms with Crippen LogP contribution >= 0.6 is 23.2 Å². The summed E-state index contributed by atoms with van der Waals surface area (Å²) in [6.07, 6.45) is 0. The molecule has 8 nitrogen and oxygen atoms in total. The van der Waals surface area contributed by atoms with Crippen LogP contribution in [0.25, 0.3) is 0 Å². The lowest BCUT2D eigenvalue weighted by Crippen LogP contribution is -2.44. The lowest BCUT2D eigenvalue weighted by Gasteiger charge is -2.09. The van der Waals surface area contributed by atoms with Gasteiger partial charge in [0, 0.05) is 23.4 Å². The number of hydrazine groups is 1. The first kappa shape index (κ1) is 18.5. The maximum absolute atomic E-state index is 11.9. The average molecular weight is 383 g/mol. The van der Waals surface area contributed by atoms with Gasteiger partial charge in [-0.05, 0) is 24.3 Å². The molecule has 2 amide bonds. The summed E-state index contributed by atoms with van der Waals surface area (Å²) in [5.41, 5.74) is 4.77. The zero-order valence-electron chi connectivity index (χ0n) is 12.6. The van der Waals surface area contributed by atoms with Gasteiger partial charge in [0.1, 0.15) is 0 Å². The first-order chi connectivity index (χ1) is 11.9. The molecule has 0 spiro atoms. The molecule has 2 aromatic rings. The van der Waals surface area contributed by atoms with Crippen LogP contribution in [0, 0.1) is 10.1 Å². The molecule has 0 aliphatic heterocycles. The van der Waals surface area contributed by atoms with Crippen LogP contribution in [0.3, 0.4) is 0 Å². The highest BCUT2D eigenvalue weighted by Gasteiger charge is 2.12. The maximum Gasteiger partial charge on any atom is 0.270 e. The number of rotatable bonds is 5. The van der Waals surface area contributed by atoms with Crippen molar-refractivity contribution in [2.75, 3.05) is 11.9 Å². The predicted octanol–water partition coefficient (Wildman–Crippen LogP) is 2.77. The zero-order valence-corrected chi connectivity index (χ0v) is 14.1. The van der Waals surface area contributed by atoms with Crippen LogP contribution in [0.15, 0.2) is 42.5 Å². The molecule has 10 heteroatoms. The first-order valence-electron chi connectivity index (χ1n) is 6.89. The molecule has 0 heterocycles. The van der Waals surface area contributed by atoms with Gasteiger partial charge in [0.15, 0.2) is 0 Å². The van der Waals surface area contributed by atoms with E-state index in [1.165, 1.54) is 18.2 Å². The molecular weight excluding hydrogens is 371 g/mol. The van der Waals surface area contributed by atoms with E-state index in [-0.39, 0.29) is 17.8 Å². The van der Waals surface area contributed by atoms with Crippen LogP contribution in [0.5, 0.6) is 0 Å². The Morgan fingerprint density at radius 2 is 1.80 bits per heavy atom. The second-order valence-electron chi connectivity index (χ2n) is 4.79. The monoisotopic (exact) mass is 382 g/mol. The van der Waals surface area contributed by atoms with Gasteiger partial charge in [0.05, 0.1) is 21.5 Å². The average Bonchev–Trinajstić information content (AvgIpc) is 2.60. The minimum atomic E-state index is -0.674. The Bertz CT molecular complexity index is 829. The van der Waals surface area contributed by atoms with E-state index >= 15 is 0 Å². The third kappa shape index (κ3) is 5.33. The van der Waals surface area contributed by atoms with Crippen LogP contribution in [-0.2, 0) is 4.79 Å². The second kappa shape index (κ2) is 8.32. The Labute approximate surface area is 152 Å². The first-order valence-corrected chi connectivity index (χ1v) is 7.65. The van der Waals surface area contributed by atoms with Crippen LogP contribution in [0.1, 0.15) is 10.4 Å². The Hall–Kier alpha value is -2.84. The summed E-state index contributed by atoms with van der Waals surface area (Å²) in [7, 11) is 0. The number of hydrogen-bond donors (Lipinski definition) is 3. The number of nitro benzene ring substituents is 1. The van der Waals surface area contributed by atoms with Crippen molar-refractivity contribution in [3.8, 4) is 0 Å². The van der Waals surface area contributed by atoms with Crippen LogP contribution in [-0.4, -0.2) is 23.3 Å². The fourth-order valence-corrected chi connectivity index (χ4v) is 2.09. The van der Waals surface area contributed by atoms with Crippen LogP contribution < -0.4 is 16.2 Å². The number of nitro groups is 1. The number of nitrogens with zero attached hydrogens (tertiary/aromatic N) is 1. The van der Waals surface area contributed by atoms with E-state index in [1.807, 2.05) is 0 Å². The fraction of sp³-hybridized carbons (Fsp3) is 0.0667. The van der Waals surface area contributed by atoms with Gasteiger partial charge >= 0.3 is 0 Å². The number of halogens is 2. The van der Waals surface area contributed by atoms with Crippen LogP contribution in [0.4, 0.5) is 11.4 Å². The molecule has 0 aliphatic rings. The largest absolute Gasteiger partial charge is 0.376 e. The van der Waals surface area contributed by atoms with Crippen molar-refractivity contribution >= 4 is 46.4 Å². The molecule has 0 aliphatic carbocycles. The van der Waals surface area contributed by atoms with E-state index in [0.717, 1.165) is 6.07 Å². The van der Waals surface area contributed by atoms with Gasteiger partial charge in [-0.15, -0.1) is 0 Å². The lowest BCUT2D eigenvalue weighted by molar-refractivity contribution is -0.384. The molecule has 0 unspecified atom stereocenters. The predicted molar refractivity (Wildman–Crippen MR) is 93.7 cm³/mol. The molecule has 0 radical (unpaired) electrons. The number of anilines is 1. The Kier molecular flexibility index (Phi) is 6.15. The van der Waals surface area contributed by atoms with Crippen molar-refractivity contribution in [2.45, 2.75) is 0 Å². The van der Waals surface area contributed by atoms with Crippen molar-refractivity contribution in [3.63, 3.8) is 0 Å². The summed E-state index contributed by atoms with van der Waals surface area (Å²) < 4.78 is 0. The second-order valence-corrected chi connectivity index (χ2v) is 5.61. The van der Waals surface area contributed by atoms with Gasteiger partial charge in [0.2, 0.25) is 0 Å². The van der Waals surface area contributed by atoms with E-state index in [4.69, 9.17) is 23.2 Å². The summed E-state index contributed by atoms with van der Waals surface area (Å²) >= 11 is 11.6. The third-order valence-corrected chi connectivity index (χ3v) is 3.75. The van der Waals surface area contributed by atoms with Crippen molar-refractivity contribution < 1.29 is 14.5 Å². The van der Waals surface area contributed by atoms with Gasteiger partial charge in [-0.2, -0.15) is 0 Å². The van der Waals surface area contributed by atoms with Crippen molar-refractivity contribution in [2.24, 2.45) is 0 Å². The van der Waals surface area contributed by atoms with Gasteiger partial charge in [-0.25, -0.2) is 0 Å². The number of non-ortho nitro benzene ring substituents is 1. The molecule has 0 aromatic heterocycles. The maximum atomic E-state index is 11.9. The normalized spacial score (nSPS) is 10.0. The van der Waals surface area contributed by atoms with Gasteiger partial charge in [-0.1, -0.05) is 29.3 Å². The molecule has 3 N–H and O–H groups in total. The minimum absolute atomic E-state index is 0.0481. The molecular formula is C15H12Cl2N4O4. The smallest absolute Gasteiger partial charge is 0.270 e. The molecule has 0 bridgehead atoms. The van der Waals surface area contributed by atoms with Gasteiger partial charge < -0.3 is 5.32 Å². The summed E-state index contributed by atoms with van der Waals surface area (Å²) in [4.78, 5) is 33.7. The van der Waals surface area contributed by atoms with Gasteiger partial charge in [-0.3, -0.25) is 30.6 Å². The molecule has 0 saturated carbocycles. The number of carbonyl (C=O) groups is 2. The summed E-state index contributed by atoms with van der Waals surface area (Å²) in [5.74, 6) is -1.20. The van der Waals surface area contributed by atoms with Crippen molar-refractivity contribution in [1.29, 1.82) is 0 Å². The minimum Gasteiger partial charge on any atom is -0.376 e. The van der Waals surface area contributed by atoms with E-state index in [0.29, 0.717) is 15.7 Å². The number of carbonyl (C=O) groups excluding carboxylic acids is 2. The highest BCUT2D eigenvalue weighted by Crippen LogP contribution is 2.24.